The van der Waals surface area contributed by atoms with E-state index in [1.807, 2.05) is 47.0 Å². The van der Waals surface area contributed by atoms with E-state index in [1.54, 1.807) is 12.1 Å². The maximum absolute atomic E-state index is 10.1. The van der Waals surface area contributed by atoms with Crippen molar-refractivity contribution in [2.75, 3.05) is 0 Å². The molecule has 0 aliphatic rings. The predicted molar refractivity (Wildman–Crippen MR) is 82.9 cm³/mol. The zero-order chi connectivity index (χ0) is 14.8. The van der Waals surface area contributed by atoms with Crippen LogP contribution in [-0.4, -0.2) is 19.9 Å². The summed E-state index contributed by atoms with van der Waals surface area (Å²) in [7, 11) is 0. The Balaban J connectivity index is 2.21. The van der Waals surface area contributed by atoms with E-state index in [0.29, 0.717) is 11.4 Å². The molecule has 0 atom stereocenters. The van der Waals surface area contributed by atoms with Crippen LogP contribution in [0.2, 0.25) is 0 Å². The van der Waals surface area contributed by atoms with E-state index in [-0.39, 0.29) is 11.8 Å². The number of benzene rings is 2. The first-order valence-corrected chi connectivity index (χ1v) is 6.97. The van der Waals surface area contributed by atoms with Gasteiger partial charge < -0.3 is 9.67 Å². The van der Waals surface area contributed by atoms with Crippen LogP contribution in [0.1, 0.15) is 19.9 Å². The molecule has 106 valence electrons. The van der Waals surface area contributed by atoms with Gasteiger partial charge in [-0.05, 0) is 26.0 Å². The molecule has 0 fully saturated rings. The first-order chi connectivity index (χ1) is 10.2. The number of phenols is 1. The lowest BCUT2D eigenvalue weighted by atomic mass is 10.1. The Bertz CT molecular complexity index is 748. The van der Waals surface area contributed by atoms with Gasteiger partial charge in [0.25, 0.3) is 0 Å². The summed E-state index contributed by atoms with van der Waals surface area (Å²) < 4.78 is 2.05. The first kappa shape index (κ1) is 13.4. The number of nitrogens with zero attached hydrogens (tertiary/aromatic N) is 3. The van der Waals surface area contributed by atoms with Gasteiger partial charge >= 0.3 is 0 Å². The maximum Gasteiger partial charge on any atom is 0.168 e. The average Bonchev–Trinajstić information content (AvgIpc) is 2.93. The van der Waals surface area contributed by atoms with Gasteiger partial charge in [-0.15, -0.1) is 10.2 Å². The van der Waals surface area contributed by atoms with E-state index in [0.717, 1.165) is 11.4 Å². The van der Waals surface area contributed by atoms with Crippen LogP contribution in [0, 0.1) is 0 Å². The zero-order valence-electron chi connectivity index (χ0n) is 12.1. The van der Waals surface area contributed by atoms with E-state index >= 15 is 0 Å². The lowest BCUT2D eigenvalue weighted by molar-refractivity contribution is 0.476. The van der Waals surface area contributed by atoms with Gasteiger partial charge in [-0.3, -0.25) is 0 Å². The minimum Gasteiger partial charge on any atom is -0.507 e. The quantitative estimate of drug-likeness (QED) is 0.791. The number of hydrogen-bond acceptors (Lipinski definition) is 3. The minimum atomic E-state index is 0.185. The molecule has 0 radical (unpaired) electrons. The molecule has 21 heavy (non-hydrogen) atoms. The smallest absolute Gasteiger partial charge is 0.168 e. The summed E-state index contributed by atoms with van der Waals surface area (Å²) in [4.78, 5) is 0. The third kappa shape index (κ3) is 2.40. The highest BCUT2D eigenvalue weighted by molar-refractivity contribution is 5.67. The van der Waals surface area contributed by atoms with Crippen molar-refractivity contribution in [2.45, 2.75) is 19.9 Å². The Morgan fingerprint density at radius 3 is 2.14 bits per heavy atom. The second-order valence-electron chi connectivity index (χ2n) is 5.19. The summed E-state index contributed by atoms with van der Waals surface area (Å²) in [5.74, 6) is 1.71. The number of hydrogen-bond donors (Lipinski definition) is 1. The molecular formula is C17H17N3O. The van der Waals surface area contributed by atoms with Gasteiger partial charge in [0.05, 0.1) is 5.56 Å². The van der Waals surface area contributed by atoms with Crippen LogP contribution in [0.25, 0.3) is 22.8 Å². The molecule has 4 heteroatoms. The van der Waals surface area contributed by atoms with E-state index in [2.05, 4.69) is 24.0 Å². The molecule has 0 spiro atoms. The summed E-state index contributed by atoms with van der Waals surface area (Å²) in [5, 5.41) is 18.7. The summed E-state index contributed by atoms with van der Waals surface area (Å²) in [6.07, 6.45) is 0. The molecule has 1 N–H and O–H groups in total. The molecule has 1 heterocycles. The summed E-state index contributed by atoms with van der Waals surface area (Å²) in [6, 6.07) is 17.3. The fraction of sp³-hybridized carbons (Fsp3) is 0.176. The number of phenolic OH excluding ortho intramolecular Hbond substituents is 1. The standard InChI is InChI=1S/C17H17N3O/c1-12(2)20-16(13-8-4-3-5-9-13)18-19-17(20)14-10-6-7-11-15(14)21/h3-12,21H,1-2H3. The van der Waals surface area contributed by atoms with E-state index in [1.165, 1.54) is 0 Å². The van der Waals surface area contributed by atoms with Gasteiger partial charge in [-0.25, -0.2) is 0 Å². The predicted octanol–water partition coefficient (Wildman–Crippen LogP) is 3.90. The van der Waals surface area contributed by atoms with Crippen LogP contribution in [0.3, 0.4) is 0 Å². The molecule has 0 saturated heterocycles. The van der Waals surface area contributed by atoms with Gasteiger partial charge in [0.15, 0.2) is 11.6 Å². The third-order valence-electron chi connectivity index (χ3n) is 3.39. The Morgan fingerprint density at radius 1 is 0.857 bits per heavy atom. The van der Waals surface area contributed by atoms with Crippen molar-refractivity contribution < 1.29 is 5.11 Å². The second-order valence-corrected chi connectivity index (χ2v) is 5.19. The Hall–Kier alpha value is -2.62. The molecule has 0 unspecified atom stereocenters. The fourth-order valence-electron chi connectivity index (χ4n) is 2.41. The van der Waals surface area contributed by atoms with Gasteiger partial charge in [0, 0.05) is 11.6 Å². The van der Waals surface area contributed by atoms with Crippen LogP contribution < -0.4 is 0 Å². The van der Waals surface area contributed by atoms with E-state index in [4.69, 9.17) is 0 Å². The van der Waals surface area contributed by atoms with E-state index < -0.39 is 0 Å². The van der Waals surface area contributed by atoms with Gasteiger partial charge in [-0.1, -0.05) is 42.5 Å². The monoisotopic (exact) mass is 279 g/mol. The lowest BCUT2D eigenvalue weighted by Crippen LogP contribution is -2.05. The Morgan fingerprint density at radius 2 is 1.48 bits per heavy atom. The molecule has 3 aromatic rings. The van der Waals surface area contributed by atoms with Crippen LogP contribution in [0.4, 0.5) is 0 Å². The fourth-order valence-corrected chi connectivity index (χ4v) is 2.41. The zero-order valence-corrected chi connectivity index (χ0v) is 12.1. The number of para-hydroxylation sites is 1. The normalized spacial score (nSPS) is 11.0. The highest BCUT2D eigenvalue weighted by Gasteiger charge is 2.19. The van der Waals surface area contributed by atoms with Gasteiger partial charge in [0.1, 0.15) is 5.75 Å². The minimum absolute atomic E-state index is 0.185. The number of aromatic hydroxyl groups is 1. The van der Waals surface area contributed by atoms with Gasteiger partial charge in [0.2, 0.25) is 0 Å². The van der Waals surface area contributed by atoms with Crippen molar-refractivity contribution >= 4 is 0 Å². The van der Waals surface area contributed by atoms with Crippen LogP contribution in [0.15, 0.2) is 54.6 Å². The molecule has 0 saturated carbocycles. The summed E-state index contributed by atoms with van der Waals surface area (Å²) >= 11 is 0. The summed E-state index contributed by atoms with van der Waals surface area (Å²) in [5.41, 5.74) is 1.71. The highest BCUT2D eigenvalue weighted by atomic mass is 16.3. The second kappa shape index (κ2) is 5.40. The highest BCUT2D eigenvalue weighted by Crippen LogP contribution is 2.32. The Kier molecular flexibility index (Phi) is 3.44. The number of aromatic nitrogens is 3. The van der Waals surface area contributed by atoms with Crippen LogP contribution in [-0.2, 0) is 0 Å². The van der Waals surface area contributed by atoms with Crippen molar-refractivity contribution in [1.82, 2.24) is 14.8 Å². The van der Waals surface area contributed by atoms with Crippen molar-refractivity contribution in [2.24, 2.45) is 0 Å². The molecule has 1 aromatic heterocycles. The Labute approximate surface area is 123 Å². The molecular weight excluding hydrogens is 262 g/mol. The average molecular weight is 279 g/mol. The molecule has 0 aliphatic heterocycles. The van der Waals surface area contributed by atoms with Crippen LogP contribution in [0.5, 0.6) is 5.75 Å². The SMILES string of the molecule is CC(C)n1c(-c2ccccc2)nnc1-c1ccccc1O. The molecule has 0 bridgehead atoms. The largest absolute Gasteiger partial charge is 0.507 e. The molecule has 4 nitrogen and oxygen atoms in total. The molecule has 0 aliphatic carbocycles. The van der Waals surface area contributed by atoms with Gasteiger partial charge in [-0.2, -0.15) is 0 Å². The first-order valence-electron chi connectivity index (χ1n) is 6.97. The summed E-state index contributed by atoms with van der Waals surface area (Å²) in [6.45, 7) is 4.17. The van der Waals surface area contributed by atoms with Crippen molar-refractivity contribution in [3.05, 3.63) is 54.6 Å². The maximum atomic E-state index is 10.1. The van der Waals surface area contributed by atoms with E-state index in [9.17, 15) is 5.11 Å². The number of rotatable bonds is 3. The third-order valence-corrected chi connectivity index (χ3v) is 3.39. The van der Waals surface area contributed by atoms with Crippen molar-refractivity contribution in [1.29, 1.82) is 0 Å². The van der Waals surface area contributed by atoms with Crippen LogP contribution >= 0.6 is 0 Å². The topological polar surface area (TPSA) is 50.9 Å². The van der Waals surface area contributed by atoms with Crippen molar-refractivity contribution in [3.8, 4) is 28.5 Å². The lowest BCUT2D eigenvalue weighted by Gasteiger charge is -2.14. The molecule has 2 aromatic carbocycles. The molecule has 0 amide bonds. The van der Waals surface area contributed by atoms with Crippen molar-refractivity contribution in [3.63, 3.8) is 0 Å². The molecule has 3 rings (SSSR count).